The minimum atomic E-state index is -0.541. The Morgan fingerprint density at radius 3 is 2.25 bits per heavy atom. The van der Waals surface area contributed by atoms with Crippen LogP contribution in [-0.2, 0) is 0 Å². The van der Waals surface area contributed by atoms with Gasteiger partial charge >= 0.3 is 0 Å². The van der Waals surface area contributed by atoms with Crippen LogP contribution >= 0.6 is 0 Å². The molecular weight excluding hydrogens is 262 g/mol. The first kappa shape index (κ1) is 15.0. The fourth-order valence-electron chi connectivity index (χ4n) is 2.29. The van der Waals surface area contributed by atoms with Gasteiger partial charge in [-0.1, -0.05) is 13.3 Å². The lowest BCUT2D eigenvalue weighted by atomic mass is 10.2. The van der Waals surface area contributed by atoms with Crippen LogP contribution in [0.4, 0.5) is 14.5 Å². The standard InChI is InChI=1S/C15H22F2N2O/c1-3-4-9-20-12-10-13(16)15(14(17)11-12)19-7-5-18(2)6-8-19/h10-11H,3-9H2,1-2H3. The molecule has 0 aliphatic carbocycles. The highest BCUT2D eigenvalue weighted by Gasteiger charge is 2.21. The Morgan fingerprint density at radius 2 is 1.70 bits per heavy atom. The molecule has 0 N–H and O–H groups in total. The lowest BCUT2D eigenvalue weighted by Crippen LogP contribution is -2.45. The molecule has 0 aromatic heterocycles. The van der Waals surface area contributed by atoms with Crippen LogP contribution < -0.4 is 9.64 Å². The molecule has 0 saturated carbocycles. The number of likely N-dealkylation sites (N-methyl/N-ethyl adjacent to an activating group) is 1. The second kappa shape index (κ2) is 6.88. The minimum Gasteiger partial charge on any atom is -0.493 e. The average molecular weight is 284 g/mol. The Balaban J connectivity index is 2.10. The normalized spacial score (nSPS) is 16.5. The van der Waals surface area contributed by atoms with Crippen LogP contribution in [0.1, 0.15) is 19.8 Å². The van der Waals surface area contributed by atoms with Crippen LogP contribution in [0.2, 0.25) is 0 Å². The Labute approximate surface area is 119 Å². The number of piperazine rings is 1. The fourth-order valence-corrected chi connectivity index (χ4v) is 2.29. The summed E-state index contributed by atoms with van der Waals surface area (Å²) in [5, 5.41) is 0. The molecule has 20 heavy (non-hydrogen) atoms. The van der Waals surface area contributed by atoms with E-state index in [-0.39, 0.29) is 11.4 Å². The summed E-state index contributed by atoms with van der Waals surface area (Å²) in [7, 11) is 2.01. The molecule has 1 fully saturated rings. The molecule has 1 saturated heterocycles. The SMILES string of the molecule is CCCCOc1cc(F)c(N2CCN(C)CC2)c(F)c1. The molecule has 0 atom stereocenters. The number of anilines is 1. The number of nitrogens with zero attached hydrogens (tertiary/aromatic N) is 2. The van der Waals surface area contributed by atoms with E-state index in [9.17, 15) is 8.78 Å². The van der Waals surface area contributed by atoms with E-state index in [4.69, 9.17) is 4.74 Å². The number of hydrogen-bond donors (Lipinski definition) is 0. The number of halogens is 2. The molecule has 0 bridgehead atoms. The second-order valence-electron chi connectivity index (χ2n) is 5.23. The van der Waals surface area contributed by atoms with Gasteiger partial charge in [0.1, 0.15) is 11.4 Å². The van der Waals surface area contributed by atoms with Gasteiger partial charge in [-0.05, 0) is 13.5 Å². The van der Waals surface area contributed by atoms with Gasteiger partial charge < -0.3 is 14.5 Å². The first-order chi connectivity index (χ1) is 9.61. The van der Waals surface area contributed by atoms with Crippen LogP contribution in [0.25, 0.3) is 0 Å². The third-order valence-corrected chi connectivity index (χ3v) is 3.58. The van der Waals surface area contributed by atoms with Crippen molar-refractivity contribution < 1.29 is 13.5 Å². The van der Waals surface area contributed by atoms with Gasteiger partial charge in [-0.15, -0.1) is 0 Å². The van der Waals surface area contributed by atoms with E-state index in [1.54, 1.807) is 4.90 Å². The molecule has 2 rings (SSSR count). The van der Waals surface area contributed by atoms with Gasteiger partial charge in [-0.25, -0.2) is 8.78 Å². The summed E-state index contributed by atoms with van der Waals surface area (Å²) in [5.41, 5.74) is 0.0703. The molecule has 0 amide bonds. The van der Waals surface area contributed by atoms with Crippen molar-refractivity contribution in [3.63, 3.8) is 0 Å². The van der Waals surface area contributed by atoms with Gasteiger partial charge in [-0.2, -0.15) is 0 Å². The van der Waals surface area contributed by atoms with Crippen LogP contribution in [0, 0.1) is 11.6 Å². The number of unbranched alkanes of at least 4 members (excludes halogenated alkanes) is 1. The van der Waals surface area contributed by atoms with E-state index < -0.39 is 11.6 Å². The summed E-state index contributed by atoms with van der Waals surface area (Å²) in [6, 6.07) is 2.57. The van der Waals surface area contributed by atoms with Gasteiger partial charge in [0.15, 0.2) is 11.6 Å². The van der Waals surface area contributed by atoms with E-state index in [1.165, 1.54) is 12.1 Å². The summed E-state index contributed by atoms with van der Waals surface area (Å²) in [6.45, 7) is 5.44. The lowest BCUT2D eigenvalue weighted by Gasteiger charge is -2.34. The Kier molecular flexibility index (Phi) is 5.17. The zero-order valence-electron chi connectivity index (χ0n) is 12.2. The van der Waals surface area contributed by atoms with Crippen LogP contribution in [0.15, 0.2) is 12.1 Å². The molecule has 1 aliphatic rings. The van der Waals surface area contributed by atoms with Crippen molar-refractivity contribution in [2.75, 3.05) is 44.7 Å². The predicted molar refractivity (Wildman–Crippen MR) is 76.5 cm³/mol. The Morgan fingerprint density at radius 1 is 1.10 bits per heavy atom. The van der Waals surface area contributed by atoms with Crippen molar-refractivity contribution in [1.29, 1.82) is 0 Å². The molecule has 0 spiro atoms. The molecular formula is C15H22F2N2O. The molecule has 1 aromatic rings. The maximum Gasteiger partial charge on any atom is 0.153 e. The van der Waals surface area contributed by atoms with E-state index >= 15 is 0 Å². The van der Waals surface area contributed by atoms with Crippen molar-refractivity contribution in [3.8, 4) is 5.75 Å². The van der Waals surface area contributed by atoms with Crippen molar-refractivity contribution >= 4 is 5.69 Å². The van der Waals surface area contributed by atoms with Gasteiger partial charge in [-0.3, -0.25) is 0 Å². The summed E-state index contributed by atoms with van der Waals surface area (Å²) in [5.74, 6) is -0.812. The zero-order valence-corrected chi connectivity index (χ0v) is 12.2. The summed E-state index contributed by atoms with van der Waals surface area (Å²) in [4.78, 5) is 3.91. The number of hydrogen-bond acceptors (Lipinski definition) is 3. The summed E-state index contributed by atoms with van der Waals surface area (Å²) < 4.78 is 33.6. The largest absolute Gasteiger partial charge is 0.493 e. The van der Waals surface area contributed by atoms with Gasteiger partial charge in [0.2, 0.25) is 0 Å². The summed E-state index contributed by atoms with van der Waals surface area (Å²) >= 11 is 0. The quantitative estimate of drug-likeness (QED) is 0.773. The molecule has 5 heteroatoms. The minimum absolute atomic E-state index is 0.0703. The third-order valence-electron chi connectivity index (χ3n) is 3.58. The molecule has 0 unspecified atom stereocenters. The molecule has 0 radical (unpaired) electrons. The first-order valence-corrected chi connectivity index (χ1v) is 7.17. The van der Waals surface area contributed by atoms with Crippen LogP contribution in [0.5, 0.6) is 5.75 Å². The maximum absolute atomic E-state index is 14.1. The molecule has 1 aromatic carbocycles. The van der Waals surface area contributed by atoms with Crippen LogP contribution in [0.3, 0.4) is 0 Å². The average Bonchev–Trinajstić information content (AvgIpc) is 2.40. The lowest BCUT2D eigenvalue weighted by molar-refractivity contribution is 0.303. The highest BCUT2D eigenvalue weighted by atomic mass is 19.1. The topological polar surface area (TPSA) is 15.7 Å². The van der Waals surface area contributed by atoms with Gasteiger partial charge in [0, 0.05) is 38.3 Å². The molecule has 112 valence electrons. The molecule has 1 heterocycles. The zero-order chi connectivity index (χ0) is 14.5. The number of ether oxygens (including phenoxy) is 1. The van der Waals surface area contributed by atoms with E-state index in [0.29, 0.717) is 19.7 Å². The number of rotatable bonds is 5. The van der Waals surface area contributed by atoms with Crippen molar-refractivity contribution in [3.05, 3.63) is 23.8 Å². The Bertz CT molecular complexity index is 422. The van der Waals surface area contributed by atoms with E-state index in [2.05, 4.69) is 4.90 Å². The highest BCUT2D eigenvalue weighted by molar-refractivity contribution is 5.52. The van der Waals surface area contributed by atoms with Gasteiger partial charge in [0.25, 0.3) is 0 Å². The maximum atomic E-state index is 14.1. The predicted octanol–water partition coefficient (Wildman–Crippen LogP) is 2.90. The monoisotopic (exact) mass is 284 g/mol. The smallest absolute Gasteiger partial charge is 0.153 e. The Hall–Kier alpha value is -1.36. The van der Waals surface area contributed by atoms with Crippen molar-refractivity contribution in [1.82, 2.24) is 4.90 Å². The third kappa shape index (κ3) is 3.60. The molecule has 3 nitrogen and oxygen atoms in total. The molecule has 1 aliphatic heterocycles. The number of benzene rings is 1. The highest BCUT2D eigenvalue weighted by Crippen LogP contribution is 2.29. The van der Waals surface area contributed by atoms with E-state index in [0.717, 1.165) is 25.9 Å². The van der Waals surface area contributed by atoms with Crippen molar-refractivity contribution in [2.24, 2.45) is 0 Å². The summed E-state index contributed by atoms with van der Waals surface area (Å²) in [6.07, 6.45) is 1.87. The fraction of sp³-hybridized carbons (Fsp3) is 0.600. The van der Waals surface area contributed by atoms with Crippen LogP contribution in [-0.4, -0.2) is 44.7 Å². The van der Waals surface area contributed by atoms with E-state index in [1.807, 2.05) is 14.0 Å². The van der Waals surface area contributed by atoms with Gasteiger partial charge in [0.05, 0.1) is 6.61 Å². The first-order valence-electron chi connectivity index (χ1n) is 7.17. The van der Waals surface area contributed by atoms with Crippen molar-refractivity contribution in [2.45, 2.75) is 19.8 Å². The second-order valence-corrected chi connectivity index (χ2v) is 5.23.